The highest BCUT2D eigenvalue weighted by atomic mass is 32.2. The molecule has 6 heteroatoms. The first kappa shape index (κ1) is 15.4. The Morgan fingerprint density at radius 1 is 1.38 bits per heavy atom. The first-order chi connectivity index (χ1) is 10.2. The van der Waals surface area contributed by atoms with Gasteiger partial charge in [0.05, 0.1) is 12.1 Å². The van der Waals surface area contributed by atoms with E-state index in [1.54, 1.807) is 0 Å². The maximum atomic E-state index is 12.1. The predicted molar refractivity (Wildman–Crippen MR) is 85.3 cm³/mol. The average molecular weight is 302 g/mol. The van der Waals surface area contributed by atoms with Crippen LogP contribution in [0, 0.1) is 11.5 Å². The largest absolute Gasteiger partial charge is 0.342 e. The van der Waals surface area contributed by atoms with Crippen molar-refractivity contribution >= 4 is 28.5 Å². The summed E-state index contributed by atoms with van der Waals surface area (Å²) in [4.78, 5) is 18.3. The molecule has 1 saturated heterocycles. The summed E-state index contributed by atoms with van der Waals surface area (Å²) >= 11 is 1.38. The highest BCUT2D eigenvalue weighted by Crippen LogP contribution is 2.16. The van der Waals surface area contributed by atoms with Crippen molar-refractivity contribution in [3.8, 4) is 6.19 Å². The lowest BCUT2D eigenvalue weighted by atomic mass is 10.1. The molecule has 110 valence electrons. The molecule has 1 fully saturated rings. The van der Waals surface area contributed by atoms with Crippen LogP contribution in [-0.2, 0) is 11.2 Å². The van der Waals surface area contributed by atoms with Gasteiger partial charge in [-0.2, -0.15) is 5.26 Å². The molecule has 0 atom stereocenters. The Balaban J connectivity index is 1.98. The Kier molecular flexibility index (Phi) is 5.64. The Morgan fingerprint density at radius 2 is 2.05 bits per heavy atom. The summed E-state index contributed by atoms with van der Waals surface area (Å²) in [6, 6.07) is 7.55. The van der Waals surface area contributed by atoms with Crippen LogP contribution >= 0.6 is 11.8 Å². The smallest absolute Gasteiger partial charge is 0.226 e. The van der Waals surface area contributed by atoms with Gasteiger partial charge in [-0.05, 0) is 36.8 Å². The van der Waals surface area contributed by atoms with Crippen LogP contribution in [0.25, 0.3) is 0 Å². The second kappa shape index (κ2) is 7.70. The lowest BCUT2D eigenvalue weighted by Gasteiger charge is -2.15. The van der Waals surface area contributed by atoms with E-state index in [4.69, 9.17) is 5.26 Å². The first-order valence-corrected chi connectivity index (χ1v) is 8.10. The second-order valence-corrected chi connectivity index (χ2v) is 5.58. The van der Waals surface area contributed by atoms with Gasteiger partial charge in [-0.3, -0.25) is 10.1 Å². The number of amides is 1. The van der Waals surface area contributed by atoms with E-state index in [-0.39, 0.29) is 5.91 Å². The first-order valence-electron chi connectivity index (χ1n) is 6.87. The van der Waals surface area contributed by atoms with Gasteiger partial charge in [0.15, 0.2) is 11.4 Å². The van der Waals surface area contributed by atoms with Crippen LogP contribution in [0.3, 0.4) is 0 Å². The Hall–Kier alpha value is -2.00. The molecule has 5 nitrogen and oxygen atoms in total. The SMILES string of the molecule is CSC(=Nc1ccc(CC(=O)N2CCCC2)cc1)NC#N. The lowest BCUT2D eigenvalue weighted by molar-refractivity contribution is -0.129. The maximum absolute atomic E-state index is 12.1. The van der Waals surface area contributed by atoms with Crippen molar-refractivity contribution in [2.24, 2.45) is 4.99 Å². The number of hydrogen-bond donors (Lipinski definition) is 1. The van der Waals surface area contributed by atoms with Crippen molar-refractivity contribution in [1.82, 2.24) is 10.2 Å². The predicted octanol–water partition coefficient (Wildman–Crippen LogP) is 2.27. The number of rotatable bonds is 3. The molecule has 0 bridgehead atoms. The van der Waals surface area contributed by atoms with E-state index in [0.29, 0.717) is 11.6 Å². The fraction of sp³-hybridized carbons (Fsp3) is 0.400. The number of benzene rings is 1. The molecule has 21 heavy (non-hydrogen) atoms. The van der Waals surface area contributed by atoms with Crippen molar-refractivity contribution in [3.05, 3.63) is 29.8 Å². The molecule has 1 aliphatic heterocycles. The summed E-state index contributed by atoms with van der Waals surface area (Å²) in [5.41, 5.74) is 1.75. The minimum atomic E-state index is 0.194. The van der Waals surface area contributed by atoms with Gasteiger partial charge >= 0.3 is 0 Å². The number of amidine groups is 1. The minimum Gasteiger partial charge on any atom is -0.342 e. The second-order valence-electron chi connectivity index (χ2n) is 4.79. The summed E-state index contributed by atoms with van der Waals surface area (Å²) in [7, 11) is 0. The standard InChI is InChI=1S/C15H18N4OS/c1-21-15(17-11-16)18-13-6-4-12(5-7-13)10-14(20)19-8-2-3-9-19/h4-7H,2-3,8-10H2,1H3,(H,17,18). The molecule has 2 rings (SSSR count). The van der Waals surface area contributed by atoms with E-state index in [2.05, 4.69) is 10.3 Å². The normalized spacial score (nSPS) is 14.9. The van der Waals surface area contributed by atoms with Crippen molar-refractivity contribution in [1.29, 1.82) is 5.26 Å². The lowest BCUT2D eigenvalue weighted by Crippen LogP contribution is -2.28. The Bertz CT molecular complexity index is 556. The Labute approximate surface area is 129 Å². The zero-order valence-corrected chi connectivity index (χ0v) is 12.8. The van der Waals surface area contributed by atoms with Gasteiger partial charge < -0.3 is 4.90 Å². The highest BCUT2D eigenvalue weighted by Gasteiger charge is 2.17. The molecule has 1 N–H and O–H groups in total. The maximum Gasteiger partial charge on any atom is 0.226 e. The molecule has 1 amide bonds. The monoisotopic (exact) mass is 302 g/mol. The third-order valence-electron chi connectivity index (χ3n) is 3.34. The highest BCUT2D eigenvalue weighted by molar-refractivity contribution is 8.13. The van der Waals surface area contributed by atoms with Crippen LogP contribution in [0.4, 0.5) is 5.69 Å². The van der Waals surface area contributed by atoms with Crippen molar-refractivity contribution in [3.63, 3.8) is 0 Å². The molecule has 1 aromatic carbocycles. The number of carbonyl (C=O) groups excluding carboxylic acids is 1. The average Bonchev–Trinajstić information content (AvgIpc) is 3.03. The van der Waals surface area contributed by atoms with Crippen LogP contribution in [0.15, 0.2) is 29.3 Å². The quantitative estimate of drug-likeness (QED) is 0.402. The number of aliphatic imine (C=N–C) groups is 1. The van der Waals surface area contributed by atoms with Gasteiger partial charge in [0.25, 0.3) is 0 Å². The van der Waals surface area contributed by atoms with Crippen molar-refractivity contribution in [2.75, 3.05) is 19.3 Å². The van der Waals surface area contributed by atoms with Crippen LogP contribution in [0.2, 0.25) is 0 Å². The molecule has 1 aliphatic rings. The zero-order chi connectivity index (χ0) is 15.1. The number of nitrogens with one attached hydrogen (secondary N) is 1. The zero-order valence-electron chi connectivity index (χ0n) is 12.0. The third-order valence-corrected chi connectivity index (χ3v) is 3.92. The summed E-state index contributed by atoms with van der Waals surface area (Å²) in [5, 5.41) is 11.7. The summed E-state index contributed by atoms with van der Waals surface area (Å²) in [6.07, 6.45) is 6.38. The minimum absolute atomic E-state index is 0.194. The van der Waals surface area contributed by atoms with E-state index >= 15 is 0 Å². The van der Waals surface area contributed by atoms with Gasteiger partial charge in [0.2, 0.25) is 5.91 Å². The van der Waals surface area contributed by atoms with Crippen molar-refractivity contribution in [2.45, 2.75) is 19.3 Å². The molecule has 0 aliphatic carbocycles. The molecule has 0 radical (unpaired) electrons. The van der Waals surface area contributed by atoms with Crippen LogP contribution < -0.4 is 5.32 Å². The van der Waals surface area contributed by atoms with Gasteiger partial charge in [0.1, 0.15) is 0 Å². The number of nitriles is 1. The molecule has 1 heterocycles. The molecular formula is C15H18N4OS. The van der Waals surface area contributed by atoms with Crippen LogP contribution in [0.5, 0.6) is 0 Å². The molecule has 1 aromatic rings. The fourth-order valence-corrected chi connectivity index (χ4v) is 2.58. The van der Waals surface area contributed by atoms with E-state index < -0.39 is 0 Å². The van der Waals surface area contributed by atoms with Crippen LogP contribution in [-0.4, -0.2) is 35.3 Å². The van der Waals surface area contributed by atoms with Crippen LogP contribution in [0.1, 0.15) is 18.4 Å². The number of nitrogens with zero attached hydrogens (tertiary/aromatic N) is 3. The van der Waals surface area contributed by atoms with E-state index in [9.17, 15) is 4.79 Å². The van der Waals surface area contributed by atoms with Gasteiger partial charge in [0, 0.05) is 13.1 Å². The number of hydrogen-bond acceptors (Lipinski definition) is 4. The molecular weight excluding hydrogens is 284 g/mol. The van der Waals surface area contributed by atoms with E-state index in [0.717, 1.165) is 37.2 Å². The van der Waals surface area contributed by atoms with Gasteiger partial charge in [-0.25, -0.2) is 4.99 Å². The number of carbonyl (C=O) groups is 1. The summed E-state index contributed by atoms with van der Waals surface area (Å²) in [5.74, 6) is 0.194. The fourth-order valence-electron chi connectivity index (χ4n) is 2.23. The molecule has 0 aromatic heterocycles. The molecule has 0 unspecified atom stereocenters. The van der Waals surface area contributed by atoms with Gasteiger partial charge in [-0.15, -0.1) is 0 Å². The summed E-state index contributed by atoms with van der Waals surface area (Å²) < 4.78 is 0. The van der Waals surface area contributed by atoms with E-state index in [1.807, 2.05) is 41.6 Å². The Morgan fingerprint density at radius 3 is 2.62 bits per heavy atom. The van der Waals surface area contributed by atoms with Crippen molar-refractivity contribution < 1.29 is 4.79 Å². The number of likely N-dealkylation sites (tertiary alicyclic amines) is 1. The molecule has 0 spiro atoms. The third kappa shape index (κ3) is 4.50. The topological polar surface area (TPSA) is 68.5 Å². The number of thioether (sulfide) groups is 1. The molecule has 0 saturated carbocycles. The summed E-state index contributed by atoms with van der Waals surface area (Å²) in [6.45, 7) is 1.77. The van der Waals surface area contributed by atoms with E-state index in [1.165, 1.54) is 11.8 Å². The van der Waals surface area contributed by atoms with Gasteiger partial charge in [-0.1, -0.05) is 23.9 Å².